The fourth-order valence-corrected chi connectivity index (χ4v) is 1.45. The molecule has 0 aromatic carbocycles. The van der Waals surface area contributed by atoms with Crippen LogP contribution in [-0.2, 0) is 6.18 Å². The van der Waals surface area contributed by atoms with Crippen LogP contribution in [0.25, 0.3) is 0 Å². The van der Waals surface area contributed by atoms with Gasteiger partial charge in [-0.15, -0.1) is 0 Å². The van der Waals surface area contributed by atoms with Crippen LogP contribution in [0.5, 0.6) is 0 Å². The van der Waals surface area contributed by atoms with E-state index in [1.54, 1.807) is 0 Å². The molecule has 2 amide bonds. The molecule has 1 aliphatic heterocycles. The maximum absolute atomic E-state index is 12.4. The maximum Gasteiger partial charge on any atom is 0.417 e. The van der Waals surface area contributed by atoms with Crippen LogP contribution in [0.2, 0.25) is 0 Å². The Morgan fingerprint density at radius 1 is 1.38 bits per heavy atom. The van der Waals surface area contributed by atoms with E-state index in [2.05, 4.69) is 10.3 Å². The van der Waals surface area contributed by atoms with E-state index in [9.17, 15) is 18.0 Å². The fraction of sp³-hybridized carbons (Fsp3) is 0.333. The van der Waals surface area contributed by atoms with Crippen molar-refractivity contribution in [3.8, 4) is 0 Å². The van der Waals surface area contributed by atoms with E-state index in [4.69, 9.17) is 0 Å². The average Bonchev–Trinajstić information content (AvgIpc) is 2.63. The number of hydrogen-bond acceptors (Lipinski definition) is 2. The zero-order valence-electron chi connectivity index (χ0n) is 8.08. The second-order valence-electron chi connectivity index (χ2n) is 3.31. The third-order valence-corrected chi connectivity index (χ3v) is 2.22. The quantitative estimate of drug-likeness (QED) is 0.798. The van der Waals surface area contributed by atoms with Crippen LogP contribution in [-0.4, -0.2) is 24.1 Å². The van der Waals surface area contributed by atoms with Crippen LogP contribution in [0.1, 0.15) is 5.56 Å². The Bertz CT molecular complexity index is 419. The molecule has 1 fully saturated rings. The Hall–Kier alpha value is -1.79. The van der Waals surface area contributed by atoms with Crippen molar-refractivity contribution >= 4 is 11.7 Å². The zero-order valence-corrected chi connectivity index (χ0v) is 8.08. The Morgan fingerprint density at radius 2 is 2.12 bits per heavy atom. The minimum atomic E-state index is -4.45. The molecule has 1 aromatic heterocycles. The third kappa shape index (κ3) is 1.93. The molecule has 16 heavy (non-hydrogen) atoms. The molecule has 0 aliphatic carbocycles. The third-order valence-electron chi connectivity index (χ3n) is 2.22. The van der Waals surface area contributed by atoms with Crippen LogP contribution < -0.4 is 10.2 Å². The van der Waals surface area contributed by atoms with Gasteiger partial charge >= 0.3 is 12.2 Å². The molecule has 0 atom stereocenters. The van der Waals surface area contributed by atoms with Gasteiger partial charge in [-0.2, -0.15) is 13.2 Å². The van der Waals surface area contributed by atoms with Crippen molar-refractivity contribution in [1.82, 2.24) is 10.3 Å². The van der Waals surface area contributed by atoms with Crippen molar-refractivity contribution in [2.24, 2.45) is 0 Å². The lowest BCUT2D eigenvalue weighted by molar-refractivity contribution is -0.137. The summed E-state index contributed by atoms with van der Waals surface area (Å²) in [7, 11) is 0. The second-order valence-corrected chi connectivity index (χ2v) is 3.31. The number of urea groups is 1. The van der Waals surface area contributed by atoms with Gasteiger partial charge in [0, 0.05) is 19.3 Å². The van der Waals surface area contributed by atoms with E-state index in [-0.39, 0.29) is 5.69 Å². The summed E-state index contributed by atoms with van der Waals surface area (Å²) in [6, 6.07) is 0.513. The summed E-state index contributed by atoms with van der Waals surface area (Å²) in [5, 5.41) is 2.50. The van der Waals surface area contributed by atoms with E-state index in [1.807, 2.05) is 0 Å². The molecule has 2 heterocycles. The van der Waals surface area contributed by atoms with Crippen LogP contribution in [0, 0.1) is 0 Å². The van der Waals surface area contributed by atoms with Crippen LogP contribution in [0.3, 0.4) is 0 Å². The lowest BCUT2D eigenvalue weighted by atomic mass is 10.2. The first-order valence-electron chi connectivity index (χ1n) is 4.56. The summed E-state index contributed by atoms with van der Waals surface area (Å²) in [6.07, 6.45) is -2.48. The largest absolute Gasteiger partial charge is 0.417 e. The molecule has 0 bridgehead atoms. The highest BCUT2D eigenvalue weighted by Gasteiger charge is 2.32. The molecule has 0 radical (unpaired) electrons. The predicted molar refractivity (Wildman–Crippen MR) is 50.0 cm³/mol. The first-order chi connectivity index (χ1) is 7.48. The lowest BCUT2D eigenvalue weighted by Gasteiger charge is -2.15. The zero-order chi connectivity index (χ0) is 11.8. The number of nitrogens with one attached hydrogen (secondary N) is 1. The van der Waals surface area contributed by atoms with Crippen LogP contribution in [0.4, 0.5) is 23.7 Å². The molecule has 1 N–H and O–H groups in total. The van der Waals surface area contributed by atoms with Gasteiger partial charge in [0.1, 0.15) is 0 Å². The molecule has 1 saturated heterocycles. The van der Waals surface area contributed by atoms with E-state index in [0.717, 1.165) is 12.3 Å². The number of aromatic nitrogens is 1. The first-order valence-corrected chi connectivity index (χ1v) is 4.56. The van der Waals surface area contributed by atoms with Gasteiger partial charge < -0.3 is 5.32 Å². The summed E-state index contributed by atoms with van der Waals surface area (Å²) in [5.41, 5.74) is -0.700. The molecule has 0 spiro atoms. The molecule has 2 rings (SSSR count). The lowest BCUT2D eigenvalue weighted by Crippen LogP contribution is -2.28. The van der Waals surface area contributed by atoms with E-state index < -0.39 is 17.8 Å². The van der Waals surface area contributed by atoms with Crippen LogP contribution in [0.15, 0.2) is 18.5 Å². The SMILES string of the molecule is O=C1NCCN1c1cncc(C(F)(F)F)c1. The summed E-state index contributed by atoms with van der Waals surface area (Å²) < 4.78 is 37.2. The number of carbonyl (C=O) groups is 1. The average molecular weight is 231 g/mol. The minimum Gasteiger partial charge on any atom is -0.336 e. The van der Waals surface area contributed by atoms with E-state index in [1.165, 1.54) is 11.1 Å². The molecule has 1 aromatic rings. The molecule has 0 unspecified atom stereocenters. The molecule has 0 saturated carbocycles. The van der Waals surface area contributed by atoms with Crippen molar-refractivity contribution in [3.05, 3.63) is 24.0 Å². The Labute approximate surface area is 89.1 Å². The number of nitrogens with zero attached hydrogens (tertiary/aromatic N) is 2. The van der Waals surface area contributed by atoms with Gasteiger partial charge in [-0.05, 0) is 6.07 Å². The van der Waals surface area contributed by atoms with Crippen molar-refractivity contribution in [2.75, 3.05) is 18.0 Å². The highest BCUT2D eigenvalue weighted by Crippen LogP contribution is 2.31. The maximum atomic E-state index is 12.4. The number of alkyl halides is 3. The molecule has 4 nitrogen and oxygen atoms in total. The number of anilines is 1. The molecular weight excluding hydrogens is 223 g/mol. The van der Waals surface area contributed by atoms with E-state index in [0.29, 0.717) is 13.1 Å². The van der Waals surface area contributed by atoms with Crippen molar-refractivity contribution < 1.29 is 18.0 Å². The summed E-state index contributed by atoms with van der Waals surface area (Å²) in [5.74, 6) is 0. The fourth-order valence-electron chi connectivity index (χ4n) is 1.45. The summed E-state index contributed by atoms with van der Waals surface area (Å²) in [4.78, 5) is 16.0. The normalized spacial score (nSPS) is 16.4. The monoisotopic (exact) mass is 231 g/mol. The van der Waals surface area contributed by atoms with Crippen molar-refractivity contribution in [3.63, 3.8) is 0 Å². The first kappa shape index (κ1) is 10.7. The minimum absolute atomic E-state index is 0.157. The Balaban J connectivity index is 2.32. The van der Waals surface area contributed by atoms with Gasteiger partial charge in [0.15, 0.2) is 0 Å². The molecule has 86 valence electrons. The van der Waals surface area contributed by atoms with Gasteiger partial charge in [0.2, 0.25) is 0 Å². The Kier molecular flexibility index (Phi) is 2.45. The standard InChI is InChI=1S/C9H8F3N3O/c10-9(11,12)6-3-7(5-13-4-6)15-2-1-14-8(15)16/h3-5H,1-2H2,(H,14,16). The topological polar surface area (TPSA) is 45.2 Å². The van der Waals surface area contributed by atoms with Gasteiger partial charge in [0.25, 0.3) is 0 Å². The highest BCUT2D eigenvalue weighted by atomic mass is 19.4. The van der Waals surface area contributed by atoms with Gasteiger partial charge in [-0.3, -0.25) is 9.88 Å². The Morgan fingerprint density at radius 3 is 2.69 bits per heavy atom. The highest BCUT2D eigenvalue weighted by molar-refractivity contribution is 5.93. The molecule has 1 aliphatic rings. The second kappa shape index (κ2) is 3.66. The van der Waals surface area contributed by atoms with Gasteiger partial charge in [0.05, 0.1) is 17.4 Å². The number of pyridine rings is 1. The number of halogens is 3. The van der Waals surface area contributed by atoms with Crippen molar-refractivity contribution in [2.45, 2.75) is 6.18 Å². The van der Waals surface area contributed by atoms with Gasteiger partial charge in [-0.1, -0.05) is 0 Å². The van der Waals surface area contributed by atoms with Gasteiger partial charge in [-0.25, -0.2) is 4.79 Å². The van der Waals surface area contributed by atoms with Crippen LogP contribution >= 0.6 is 0 Å². The number of amides is 2. The smallest absolute Gasteiger partial charge is 0.336 e. The number of carbonyl (C=O) groups excluding carboxylic acids is 1. The summed E-state index contributed by atoms with van der Waals surface area (Å²) >= 11 is 0. The van der Waals surface area contributed by atoms with Crippen molar-refractivity contribution in [1.29, 1.82) is 0 Å². The summed E-state index contributed by atoms with van der Waals surface area (Å²) in [6.45, 7) is 0.775. The number of hydrogen-bond donors (Lipinski definition) is 1. The molecular formula is C9H8F3N3O. The van der Waals surface area contributed by atoms with E-state index >= 15 is 0 Å². The number of rotatable bonds is 1. The molecule has 7 heteroatoms. The predicted octanol–water partition coefficient (Wildman–Crippen LogP) is 1.63.